The first-order chi connectivity index (χ1) is 9.58. The van der Waals surface area contributed by atoms with E-state index in [1.54, 1.807) is 0 Å². The molecule has 6 nitrogen and oxygen atoms in total. The van der Waals surface area contributed by atoms with Crippen LogP contribution < -0.4 is 5.32 Å². The van der Waals surface area contributed by atoms with Gasteiger partial charge in [-0.2, -0.15) is 0 Å². The molecule has 1 N–H and O–H groups in total. The molecule has 1 rings (SSSR count). The second-order valence-electron chi connectivity index (χ2n) is 5.53. The summed E-state index contributed by atoms with van der Waals surface area (Å²) in [5.41, 5.74) is 0.966. The van der Waals surface area contributed by atoms with Crippen LogP contribution in [0.2, 0.25) is 0 Å². The lowest BCUT2D eigenvalue weighted by atomic mass is 10.2. The van der Waals surface area contributed by atoms with E-state index in [4.69, 9.17) is 9.47 Å². The van der Waals surface area contributed by atoms with E-state index in [-0.39, 0.29) is 6.10 Å². The van der Waals surface area contributed by atoms with Crippen molar-refractivity contribution in [2.45, 2.75) is 46.9 Å². The standard InChI is InChI=1S/C14H28N4O2/c1-12(2)9-15-10-14-11-18(17-16-14)5-6-19-7-8-20-13(3)4/h11-13,15H,5-10H2,1-4H3. The molecule has 1 heterocycles. The van der Waals surface area contributed by atoms with E-state index in [1.807, 2.05) is 24.7 Å². The van der Waals surface area contributed by atoms with E-state index < -0.39 is 0 Å². The maximum absolute atomic E-state index is 5.48. The van der Waals surface area contributed by atoms with Crippen molar-refractivity contribution in [3.63, 3.8) is 0 Å². The Hall–Kier alpha value is -0.980. The molecule has 0 saturated heterocycles. The van der Waals surface area contributed by atoms with E-state index in [0.717, 1.165) is 25.3 Å². The van der Waals surface area contributed by atoms with Crippen molar-refractivity contribution in [2.75, 3.05) is 26.4 Å². The Labute approximate surface area is 121 Å². The van der Waals surface area contributed by atoms with Crippen molar-refractivity contribution in [3.8, 4) is 0 Å². The zero-order chi connectivity index (χ0) is 14.8. The van der Waals surface area contributed by atoms with Crippen LogP contribution in [0.5, 0.6) is 0 Å². The lowest BCUT2D eigenvalue weighted by molar-refractivity contribution is 0.0170. The molecule has 6 heteroatoms. The summed E-state index contributed by atoms with van der Waals surface area (Å²) >= 11 is 0. The minimum atomic E-state index is 0.259. The average Bonchev–Trinajstić information content (AvgIpc) is 2.81. The van der Waals surface area contributed by atoms with Crippen molar-refractivity contribution in [1.82, 2.24) is 20.3 Å². The number of aromatic nitrogens is 3. The van der Waals surface area contributed by atoms with Crippen LogP contribution in [-0.4, -0.2) is 47.5 Å². The van der Waals surface area contributed by atoms with Crippen LogP contribution in [0.15, 0.2) is 6.20 Å². The number of ether oxygens (including phenoxy) is 2. The fourth-order valence-electron chi connectivity index (χ4n) is 1.62. The molecule has 1 aromatic rings. The molecule has 1 aromatic heterocycles. The number of rotatable bonds is 11. The topological polar surface area (TPSA) is 61.2 Å². The fraction of sp³-hybridized carbons (Fsp3) is 0.857. The van der Waals surface area contributed by atoms with Crippen LogP contribution in [0.25, 0.3) is 0 Å². The summed E-state index contributed by atoms with van der Waals surface area (Å²) in [6, 6.07) is 0. The van der Waals surface area contributed by atoms with Crippen molar-refractivity contribution in [3.05, 3.63) is 11.9 Å². The predicted molar refractivity (Wildman–Crippen MR) is 78.5 cm³/mol. The van der Waals surface area contributed by atoms with E-state index in [2.05, 4.69) is 29.5 Å². The van der Waals surface area contributed by atoms with Gasteiger partial charge in [0, 0.05) is 12.7 Å². The molecule has 0 aliphatic rings. The quantitative estimate of drug-likeness (QED) is 0.623. The molecular weight excluding hydrogens is 256 g/mol. The van der Waals surface area contributed by atoms with Crippen molar-refractivity contribution < 1.29 is 9.47 Å². The first-order valence-corrected chi connectivity index (χ1v) is 7.37. The van der Waals surface area contributed by atoms with Gasteiger partial charge in [-0.25, -0.2) is 4.68 Å². The lowest BCUT2D eigenvalue weighted by Crippen LogP contribution is -2.19. The average molecular weight is 284 g/mol. The first kappa shape index (κ1) is 17.1. The van der Waals surface area contributed by atoms with Crippen LogP contribution >= 0.6 is 0 Å². The monoisotopic (exact) mass is 284 g/mol. The SMILES string of the molecule is CC(C)CNCc1cn(CCOCCOC(C)C)nn1. The summed E-state index contributed by atoms with van der Waals surface area (Å²) < 4.78 is 12.7. The molecule has 0 fully saturated rings. The van der Waals surface area contributed by atoms with Crippen molar-refractivity contribution in [2.24, 2.45) is 5.92 Å². The van der Waals surface area contributed by atoms with Gasteiger partial charge in [0.05, 0.1) is 38.2 Å². The largest absolute Gasteiger partial charge is 0.377 e. The van der Waals surface area contributed by atoms with Crippen molar-refractivity contribution >= 4 is 0 Å². The van der Waals surface area contributed by atoms with Gasteiger partial charge in [0.2, 0.25) is 0 Å². The molecule has 0 aromatic carbocycles. The summed E-state index contributed by atoms with van der Waals surface area (Å²) in [6.45, 7) is 12.8. The third kappa shape index (κ3) is 8.24. The maximum atomic E-state index is 5.48. The van der Waals surface area contributed by atoms with E-state index in [0.29, 0.717) is 25.7 Å². The van der Waals surface area contributed by atoms with Gasteiger partial charge in [-0.15, -0.1) is 5.10 Å². The predicted octanol–water partition coefficient (Wildman–Crippen LogP) is 1.47. The number of hydrogen-bond acceptors (Lipinski definition) is 5. The number of nitrogens with one attached hydrogen (secondary N) is 1. The molecule has 20 heavy (non-hydrogen) atoms. The Morgan fingerprint density at radius 1 is 1.20 bits per heavy atom. The smallest absolute Gasteiger partial charge is 0.0964 e. The highest BCUT2D eigenvalue weighted by Gasteiger charge is 2.01. The van der Waals surface area contributed by atoms with Gasteiger partial charge < -0.3 is 14.8 Å². The van der Waals surface area contributed by atoms with Gasteiger partial charge in [0.15, 0.2) is 0 Å². The lowest BCUT2D eigenvalue weighted by Gasteiger charge is -2.07. The summed E-state index contributed by atoms with van der Waals surface area (Å²) in [5, 5.41) is 11.5. The number of nitrogens with zero attached hydrogens (tertiary/aromatic N) is 3. The zero-order valence-electron chi connectivity index (χ0n) is 13.1. The second kappa shape index (κ2) is 9.85. The molecular formula is C14H28N4O2. The summed E-state index contributed by atoms with van der Waals surface area (Å²) in [7, 11) is 0. The van der Waals surface area contributed by atoms with Gasteiger partial charge in [-0.05, 0) is 26.3 Å². The van der Waals surface area contributed by atoms with Crippen LogP contribution in [0, 0.1) is 5.92 Å². The third-order valence-corrected chi connectivity index (χ3v) is 2.59. The van der Waals surface area contributed by atoms with Crippen LogP contribution in [0.3, 0.4) is 0 Å². The molecule has 0 atom stereocenters. The van der Waals surface area contributed by atoms with Crippen molar-refractivity contribution in [1.29, 1.82) is 0 Å². The summed E-state index contributed by atoms with van der Waals surface area (Å²) in [6.07, 6.45) is 2.22. The number of hydrogen-bond donors (Lipinski definition) is 1. The molecule has 0 saturated carbocycles. The van der Waals surface area contributed by atoms with Gasteiger partial charge >= 0.3 is 0 Å². The minimum absolute atomic E-state index is 0.259. The molecule has 0 bridgehead atoms. The normalized spacial score (nSPS) is 11.7. The maximum Gasteiger partial charge on any atom is 0.0964 e. The Balaban J connectivity index is 2.08. The highest BCUT2D eigenvalue weighted by Crippen LogP contribution is 1.95. The molecule has 0 amide bonds. The van der Waals surface area contributed by atoms with E-state index in [1.165, 1.54) is 0 Å². The molecule has 0 spiro atoms. The van der Waals surface area contributed by atoms with Gasteiger partial charge in [0.25, 0.3) is 0 Å². The van der Waals surface area contributed by atoms with Gasteiger partial charge in [-0.3, -0.25) is 0 Å². The van der Waals surface area contributed by atoms with E-state index >= 15 is 0 Å². The molecule has 0 aliphatic heterocycles. The van der Waals surface area contributed by atoms with E-state index in [9.17, 15) is 0 Å². The van der Waals surface area contributed by atoms with Crippen LogP contribution in [0.4, 0.5) is 0 Å². The molecule has 0 radical (unpaired) electrons. The molecule has 116 valence electrons. The van der Waals surface area contributed by atoms with Crippen LogP contribution in [-0.2, 0) is 22.6 Å². The highest BCUT2D eigenvalue weighted by molar-refractivity contribution is 4.91. The Morgan fingerprint density at radius 2 is 2.00 bits per heavy atom. The summed E-state index contributed by atoms with van der Waals surface area (Å²) in [5.74, 6) is 0.645. The summed E-state index contributed by atoms with van der Waals surface area (Å²) in [4.78, 5) is 0. The Morgan fingerprint density at radius 3 is 2.70 bits per heavy atom. The Bertz CT molecular complexity index is 353. The Kier molecular flexibility index (Phi) is 8.41. The fourth-order valence-corrected chi connectivity index (χ4v) is 1.62. The third-order valence-electron chi connectivity index (χ3n) is 2.59. The second-order valence-corrected chi connectivity index (χ2v) is 5.53. The molecule has 0 aliphatic carbocycles. The zero-order valence-corrected chi connectivity index (χ0v) is 13.1. The van der Waals surface area contributed by atoms with Gasteiger partial charge in [0.1, 0.15) is 0 Å². The van der Waals surface area contributed by atoms with Gasteiger partial charge in [-0.1, -0.05) is 19.1 Å². The highest BCUT2D eigenvalue weighted by atomic mass is 16.5. The minimum Gasteiger partial charge on any atom is -0.377 e. The first-order valence-electron chi connectivity index (χ1n) is 7.37. The van der Waals surface area contributed by atoms with Crippen LogP contribution in [0.1, 0.15) is 33.4 Å². The molecule has 0 unspecified atom stereocenters.